The summed E-state index contributed by atoms with van der Waals surface area (Å²) in [6.45, 7) is 3.93. The topological polar surface area (TPSA) is 64.9 Å². The molecule has 2 N–H and O–H groups in total. The highest BCUT2D eigenvalue weighted by molar-refractivity contribution is 5.60. The summed E-state index contributed by atoms with van der Waals surface area (Å²) >= 11 is 0. The predicted octanol–water partition coefficient (Wildman–Crippen LogP) is 2.19. The van der Waals surface area contributed by atoms with Gasteiger partial charge in [-0.15, -0.1) is 10.2 Å². The molecule has 0 bridgehead atoms. The Labute approximate surface area is 88.1 Å². The fourth-order valence-corrected chi connectivity index (χ4v) is 1.32. The fourth-order valence-electron chi connectivity index (χ4n) is 1.32. The van der Waals surface area contributed by atoms with Gasteiger partial charge in [-0.2, -0.15) is 0 Å². The molecule has 0 aliphatic carbocycles. The summed E-state index contributed by atoms with van der Waals surface area (Å²) in [6, 6.07) is 5.68. The first-order valence-electron chi connectivity index (χ1n) is 4.89. The standard InChI is InChI=1S/C11H13N3O/c1-3-10-13-14-11(15-10)8-4-5-9(12)7(2)6-8/h4-6H,3,12H2,1-2H3. The van der Waals surface area contributed by atoms with E-state index in [1.54, 1.807) is 0 Å². The molecule has 78 valence electrons. The molecule has 4 heteroatoms. The third kappa shape index (κ3) is 1.83. The van der Waals surface area contributed by atoms with E-state index in [4.69, 9.17) is 10.2 Å². The number of anilines is 1. The van der Waals surface area contributed by atoms with Crippen LogP contribution < -0.4 is 5.73 Å². The Hall–Kier alpha value is -1.84. The van der Waals surface area contributed by atoms with E-state index in [-0.39, 0.29) is 0 Å². The molecule has 0 atom stereocenters. The van der Waals surface area contributed by atoms with Gasteiger partial charge in [-0.05, 0) is 30.7 Å². The maximum absolute atomic E-state index is 5.73. The van der Waals surface area contributed by atoms with Gasteiger partial charge in [0, 0.05) is 17.7 Å². The maximum atomic E-state index is 5.73. The lowest BCUT2D eigenvalue weighted by molar-refractivity contribution is 0.513. The highest BCUT2D eigenvalue weighted by Crippen LogP contribution is 2.22. The van der Waals surface area contributed by atoms with E-state index < -0.39 is 0 Å². The Morgan fingerprint density at radius 3 is 2.73 bits per heavy atom. The molecule has 2 rings (SSSR count). The van der Waals surface area contributed by atoms with Gasteiger partial charge in [0.15, 0.2) is 0 Å². The van der Waals surface area contributed by atoms with Crippen LogP contribution in [0.4, 0.5) is 5.69 Å². The average Bonchev–Trinajstić information content (AvgIpc) is 2.70. The maximum Gasteiger partial charge on any atom is 0.247 e. The van der Waals surface area contributed by atoms with Crippen LogP contribution in [0, 0.1) is 6.92 Å². The first-order valence-corrected chi connectivity index (χ1v) is 4.89. The number of hydrogen-bond acceptors (Lipinski definition) is 4. The normalized spacial score (nSPS) is 10.5. The van der Waals surface area contributed by atoms with Gasteiger partial charge in [-0.3, -0.25) is 0 Å². The largest absolute Gasteiger partial charge is 0.421 e. The van der Waals surface area contributed by atoms with Gasteiger partial charge >= 0.3 is 0 Å². The molecule has 0 aliphatic heterocycles. The Balaban J connectivity index is 2.40. The highest BCUT2D eigenvalue weighted by atomic mass is 16.4. The van der Waals surface area contributed by atoms with Gasteiger partial charge in [0.2, 0.25) is 11.8 Å². The highest BCUT2D eigenvalue weighted by Gasteiger charge is 2.07. The zero-order valence-corrected chi connectivity index (χ0v) is 8.82. The molecular weight excluding hydrogens is 190 g/mol. The van der Waals surface area contributed by atoms with Gasteiger partial charge in [-0.1, -0.05) is 6.92 Å². The number of nitrogens with zero attached hydrogens (tertiary/aromatic N) is 2. The van der Waals surface area contributed by atoms with Crippen molar-refractivity contribution in [3.63, 3.8) is 0 Å². The van der Waals surface area contributed by atoms with Gasteiger partial charge in [0.25, 0.3) is 0 Å². The van der Waals surface area contributed by atoms with Crippen molar-refractivity contribution in [1.29, 1.82) is 0 Å². The molecule has 0 radical (unpaired) electrons. The van der Waals surface area contributed by atoms with Crippen LogP contribution in [-0.4, -0.2) is 10.2 Å². The molecule has 2 aromatic rings. The molecule has 1 aromatic heterocycles. The average molecular weight is 203 g/mol. The molecule has 0 saturated heterocycles. The van der Waals surface area contributed by atoms with Crippen molar-refractivity contribution in [2.75, 3.05) is 5.73 Å². The van der Waals surface area contributed by atoms with Crippen molar-refractivity contribution in [3.8, 4) is 11.5 Å². The van der Waals surface area contributed by atoms with Crippen molar-refractivity contribution >= 4 is 5.69 Å². The van der Waals surface area contributed by atoms with Crippen LogP contribution in [0.15, 0.2) is 22.6 Å². The number of benzene rings is 1. The first-order chi connectivity index (χ1) is 7.20. The first kappa shape index (κ1) is 9.71. The molecule has 1 aromatic carbocycles. The minimum absolute atomic E-state index is 0.551. The van der Waals surface area contributed by atoms with E-state index in [2.05, 4.69) is 10.2 Å². The van der Waals surface area contributed by atoms with Gasteiger partial charge in [-0.25, -0.2) is 0 Å². The molecule has 0 saturated carbocycles. The van der Waals surface area contributed by atoms with Crippen molar-refractivity contribution in [3.05, 3.63) is 29.7 Å². The zero-order chi connectivity index (χ0) is 10.8. The minimum Gasteiger partial charge on any atom is -0.421 e. The number of aromatic nitrogens is 2. The van der Waals surface area contributed by atoms with Crippen LogP contribution >= 0.6 is 0 Å². The molecule has 0 amide bonds. The summed E-state index contributed by atoms with van der Waals surface area (Å²) in [5.41, 5.74) is 8.43. The molecule has 1 heterocycles. The van der Waals surface area contributed by atoms with Gasteiger partial charge in [0.05, 0.1) is 0 Å². The van der Waals surface area contributed by atoms with Gasteiger partial charge in [0.1, 0.15) is 0 Å². The Morgan fingerprint density at radius 2 is 2.13 bits per heavy atom. The fraction of sp³-hybridized carbons (Fsp3) is 0.273. The molecular formula is C11H13N3O. The van der Waals surface area contributed by atoms with Crippen LogP contribution in [0.2, 0.25) is 0 Å². The van der Waals surface area contributed by atoms with Crippen LogP contribution in [0.1, 0.15) is 18.4 Å². The van der Waals surface area contributed by atoms with E-state index >= 15 is 0 Å². The molecule has 0 unspecified atom stereocenters. The van der Waals surface area contributed by atoms with Crippen LogP contribution in [0.5, 0.6) is 0 Å². The molecule has 0 spiro atoms. The Kier molecular flexibility index (Phi) is 2.41. The second-order valence-electron chi connectivity index (χ2n) is 3.43. The van der Waals surface area contributed by atoms with Crippen molar-refractivity contribution in [1.82, 2.24) is 10.2 Å². The number of hydrogen-bond donors (Lipinski definition) is 1. The van der Waals surface area contributed by atoms with Crippen molar-refractivity contribution in [2.24, 2.45) is 0 Å². The predicted molar refractivity (Wildman–Crippen MR) is 58.3 cm³/mol. The minimum atomic E-state index is 0.551. The van der Waals surface area contributed by atoms with Gasteiger partial charge < -0.3 is 10.2 Å². The van der Waals surface area contributed by atoms with E-state index in [0.29, 0.717) is 11.8 Å². The SMILES string of the molecule is CCc1nnc(-c2ccc(N)c(C)c2)o1. The van der Waals surface area contributed by atoms with E-state index in [0.717, 1.165) is 23.2 Å². The third-order valence-corrected chi connectivity index (χ3v) is 2.29. The zero-order valence-electron chi connectivity index (χ0n) is 8.82. The van der Waals surface area contributed by atoms with Crippen LogP contribution in [0.3, 0.4) is 0 Å². The second-order valence-corrected chi connectivity index (χ2v) is 3.43. The number of rotatable bonds is 2. The molecule has 15 heavy (non-hydrogen) atoms. The van der Waals surface area contributed by atoms with Crippen LogP contribution in [0.25, 0.3) is 11.5 Å². The quantitative estimate of drug-likeness (QED) is 0.760. The summed E-state index contributed by atoms with van der Waals surface area (Å²) < 4.78 is 5.45. The monoisotopic (exact) mass is 203 g/mol. The van der Waals surface area contributed by atoms with Crippen molar-refractivity contribution in [2.45, 2.75) is 20.3 Å². The van der Waals surface area contributed by atoms with E-state index in [9.17, 15) is 0 Å². The lowest BCUT2D eigenvalue weighted by atomic mass is 10.1. The summed E-state index contributed by atoms with van der Waals surface area (Å²) in [5.74, 6) is 1.20. The lowest BCUT2D eigenvalue weighted by Crippen LogP contribution is -1.89. The molecule has 4 nitrogen and oxygen atoms in total. The molecule has 0 fully saturated rings. The summed E-state index contributed by atoms with van der Waals surface area (Å²) in [6.07, 6.45) is 0.751. The second kappa shape index (κ2) is 3.73. The number of nitrogens with two attached hydrogens (primary N) is 1. The van der Waals surface area contributed by atoms with E-state index in [1.807, 2.05) is 32.0 Å². The summed E-state index contributed by atoms with van der Waals surface area (Å²) in [4.78, 5) is 0. The van der Waals surface area contributed by atoms with E-state index in [1.165, 1.54) is 0 Å². The third-order valence-electron chi connectivity index (χ3n) is 2.29. The Morgan fingerprint density at radius 1 is 1.33 bits per heavy atom. The summed E-state index contributed by atoms with van der Waals surface area (Å²) in [7, 11) is 0. The number of aryl methyl sites for hydroxylation is 2. The van der Waals surface area contributed by atoms with Crippen molar-refractivity contribution < 1.29 is 4.42 Å². The smallest absolute Gasteiger partial charge is 0.247 e. The van der Waals surface area contributed by atoms with Crippen LogP contribution in [-0.2, 0) is 6.42 Å². The lowest BCUT2D eigenvalue weighted by Gasteiger charge is -2.00. The number of nitrogen functional groups attached to an aromatic ring is 1. The molecule has 0 aliphatic rings. The Bertz CT molecular complexity index is 476. The summed E-state index contributed by atoms with van der Waals surface area (Å²) in [5, 5.41) is 7.89.